The predicted octanol–water partition coefficient (Wildman–Crippen LogP) is 2.56. The Morgan fingerprint density at radius 2 is 1.82 bits per heavy atom. The SMILES string of the molecule is CC[Si](CC[Si](C)(C)C)NC. The van der Waals surface area contributed by atoms with Crippen molar-refractivity contribution >= 4 is 17.0 Å². The Kier molecular flexibility index (Phi) is 5.30. The molecule has 0 saturated carbocycles. The molecule has 0 heterocycles. The van der Waals surface area contributed by atoms with E-state index in [0.717, 1.165) is 0 Å². The summed E-state index contributed by atoms with van der Waals surface area (Å²) in [5.41, 5.74) is 0. The monoisotopic (exact) mass is 188 g/mol. The van der Waals surface area contributed by atoms with Gasteiger partial charge in [0, 0.05) is 8.07 Å². The molecule has 0 aromatic carbocycles. The molecule has 1 radical (unpaired) electrons. The van der Waals surface area contributed by atoms with Crippen LogP contribution in [0.2, 0.25) is 37.8 Å². The van der Waals surface area contributed by atoms with Crippen LogP contribution in [0.3, 0.4) is 0 Å². The van der Waals surface area contributed by atoms with Gasteiger partial charge in [-0.05, 0) is 19.1 Å². The zero-order valence-corrected chi connectivity index (χ0v) is 10.6. The first-order valence-electron chi connectivity index (χ1n) is 4.52. The van der Waals surface area contributed by atoms with Gasteiger partial charge in [0.25, 0.3) is 0 Å². The van der Waals surface area contributed by atoms with Crippen molar-refractivity contribution < 1.29 is 0 Å². The lowest BCUT2D eigenvalue weighted by molar-refractivity contribution is 1.11. The summed E-state index contributed by atoms with van der Waals surface area (Å²) in [5.74, 6) is 0. The van der Waals surface area contributed by atoms with E-state index in [1.54, 1.807) is 0 Å². The number of rotatable bonds is 5. The zero-order valence-electron chi connectivity index (χ0n) is 8.62. The first kappa shape index (κ1) is 11.4. The van der Waals surface area contributed by atoms with Crippen molar-refractivity contribution in [2.24, 2.45) is 0 Å². The molecule has 0 unspecified atom stereocenters. The molecule has 0 aliphatic carbocycles. The van der Waals surface area contributed by atoms with Crippen LogP contribution in [0.5, 0.6) is 0 Å². The standard InChI is InChI=1S/C8H22NSi2/c1-6-10(9-2)7-8-11(3,4)5/h9H,6-8H2,1-5H3. The highest BCUT2D eigenvalue weighted by Gasteiger charge is 2.15. The lowest BCUT2D eigenvalue weighted by Crippen LogP contribution is -2.32. The second-order valence-electron chi connectivity index (χ2n) is 4.27. The maximum atomic E-state index is 3.45. The van der Waals surface area contributed by atoms with Crippen LogP contribution in [0, 0.1) is 0 Å². The minimum absolute atomic E-state index is 0.172. The molecule has 3 heteroatoms. The van der Waals surface area contributed by atoms with Gasteiger partial charge in [0.15, 0.2) is 0 Å². The molecule has 0 aliphatic heterocycles. The van der Waals surface area contributed by atoms with Gasteiger partial charge in [0.05, 0.1) is 0 Å². The van der Waals surface area contributed by atoms with E-state index < -0.39 is 8.07 Å². The van der Waals surface area contributed by atoms with Crippen molar-refractivity contribution in [1.29, 1.82) is 0 Å². The molecule has 0 amide bonds. The van der Waals surface area contributed by atoms with Gasteiger partial charge >= 0.3 is 0 Å². The van der Waals surface area contributed by atoms with Crippen LogP contribution in [-0.4, -0.2) is 24.1 Å². The lowest BCUT2D eigenvalue weighted by atomic mass is 10.9. The Morgan fingerprint density at radius 3 is 2.09 bits per heavy atom. The largest absolute Gasteiger partial charge is 0.341 e. The van der Waals surface area contributed by atoms with Crippen molar-refractivity contribution in [2.45, 2.75) is 44.7 Å². The van der Waals surface area contributed by atoms with Crippen LogP contribution in [0.25, 0.3) is 0 Å². The van der Waals surface area contributed by atoms with E-state index >= 15 is 0 Å². The Bertz CT molecular complexity index is 94.8. The summed E-state index contributed by atoms with van der Waals surface area (Å²) in [7, 11) is 1.17. The van der Waals surface area contributed by atoms with Crippen LogP contribution < -0.4 is 4.98 Å². The van der Waals surface area contributed by atoms with Gasteiger partial charge in [0.1, 0.15) is 8.96 Å². The van der Waals surface area contributed by atoms with Gasteiger partial charge in [-0.1, -0.05) is 32.6 Å². The molecule has 0 aliphatic rings. The number of hydrogen-bond donors (Lipinski definition) is 1. The lowest BCUT2D eigenvalue weighted by Gasteiger charge is -2.18. The van der Waals surface area contributed by atoms with Gasteiger partial charge in [-0.3, -0.25) is 0 Å². The normalized spacial score (nSPS) is 12.5. The van der Waals surface area contributed by atoms with Crippen molar-refractivity contribution in [1.82, 2.24) is 4.98 Å². The molecule has 11 heavy (non-hydrogen) atoms. The Hall–Kier alpha value is 0.394. The van der Waals surface area contributed by atoms with E-state index in [9.17, 15) is 0 Å². The van der Waals surface area contributed by atoms with Crippen LogP contribution in [-0.2, 0) is 0 Å². The van der Waals surface area contributed by atoms with E-state index in [4.69, 9.17) is 0 Å². The average molecular weight is 188 g/mol. The first-order chi connectivity index (χ1) is 4.99. The molecular weight excluding hydrogens is 166 g/mol. The van der Waals surface area contributed by atoms with Crippen molar-refractivity contribution in [3.05, 3.63) is 0 Å². The molecule has 0 rings (SSSR count). The summed E-state index contributed by atoms with van der Waals surface area (Å²) in [5, 5.41) is 0. The maximum absolute atomic E-state index is 3.45. The van der Waals surface area contributed by atoms with Gasteiger partial charge in [-0.2, -0.15) is 0 Å². The summed E-state index contributed by atoms with van der Waals surface area (Å²) >= 11 is 0. The molecule has 1 nitrogen and oxygen atoms in total. The third-order valence-electron chi connectivity index (χ3n) is 1.96. The van der Waals surface area contributed by atoms with E-state index in [0.29, 0.717) is 0 Å². The molecule has 0 spiro atoms. The van der Waals surface area contributed by atoms with Crippen molar-refractivity contribution in [3.8, 4) is 0 Å². The fourth-order valence-corrected chi connectivity index (χ4v) is 6.17. The Balaban J connectivity index is 3.51. The summed E-state index contributed by atoms with van der Waals surface area (Å²) in [4.78, 5) is 3.45. The fraction of sp³-hybridized carbons (Fsp3) is 1.00. The molecule has 0 atom stereocenters. The minimum Gasteiger partial charge on any atom is -0.341 e. The molecular formula is C8H22NSi2. The molecule has 1 N–H and O–H groups in total. The number of nitrogens with one attached hydrogen (secondary N) is 1. The topological polar surface area (TPSA) is 12.0 Å². The maximum Gasteiger partial charge on any atom is 0.132 e. The highest BCUT2D eigenvalue weighted by atomic mass is 28.3. The summed E-state index contributed by atoms with van der Waals surface area (Å²) < 4.78 is 0. The average Bonchev–Trinajstić information content (AvgIpc) is 1.88. The number of hydrogen-bond acceptors (Lipinski definition) is 1. The van der Waals surface area contributed by atoms with E-state index in [1.165, 1.54) is 18.1 Å². The fourth-order valence-electron chi connectivity index (χ4n) is 1.00. The van der Waals surface area contributed by atoms with E-state index in [2.05, 4.69) is 38.6 Å². The van der Waals surface area contributed by atoms with Crippen LogP contribution >= 0.6 is 0 Å². The summed E-state index contributed by atoms with van der Waals surface area (Å²) in [6.45, 7) is 9.67. The smallest absolute Gasteiger partial charge is 0.132 e. The quantitative estimate of drug-likeness (QED) is 0.654. The molecule has 0 aromatic rings. The van der Waals surface area contributed by atoms with E-state index in [-0.39, 0.29) is 8.96 Å². The van der Waals surface area contributed by atoms with Crippen LogP contribution in [0.15, 0.2) is 0 Å². The minimum atomic E-state index is -0.767. The highest BCUT2D eigenvalue weighted by Crippen LogP contribution is 2.13. The van der Waals surface area contributed by atoms with Gasteiger partial charge in [0.2, 0.25) is 0 Å². The Morgan fingerprint density at radius 1 is 1.27 bits per heavy atom. The van der Waals surface area contributed by atoms with Gasteiger partial charge < -0.3 is 4.98 Å². The summed E-state index contributed by atoms with van der Waals surface area (Å²) in [6, 6.07) is 4.33. The third kappa shape index (κ3) is 6.78. The van der Waals surface area contributed by atoms with Crippen LogP contribution in [0.1, 0.15) is 6.92 Å². The first-order valence-corrected chi connectivity index (χ1v) is 10.1. The highest BCUT2D eigenvalue weighted by molar-refractivity contribution is 6.77. The summed E-state index contributed by atoms with van der Waals surface area (Å²) in [6.07, 6.45) is 0. The second kappa shape index (κ2) is 5.11. The van der Waals surface area contributed by atoms with Crippen LogP contribution in [0.4, 0.5) is 0 Å². The molecule has 0 fully saturated rings. The molecule has 0 aromatic heterocycles. The van der Waals surface area contributed by atoms with Crippen molar-refractivity contribution in [2.75, 3.05) is 7.05 Å². The van der Waals surface area contributed by atoms with Gasteiger partial charge in [-0.15, -0.1) is 0 Å². The zero-order chi connectivity index (χ0) is 8.91. The van der Waals surface area contributed by atoms with Gasteiger partial charge in [-0.25, -0.2) is 0 Å². The molecule has 0 saturated heterocycles. The molecule has 67 valence electrons. The molecule has 0 bridgehead atoms. The Labute approximate surface area is 74.3 Å². The van der Waals surface area contributed by atoms with E-state index in [1.807, 2.05) is 0 Å². The second-order valence-corrected chi connectivity index (χ2v) is 12.8. The van der Waals surface area contributed by atoms with Crippen molar-refractivity contribution in [3.63, 3.8) is 0 Å². The predicted molar refractivity (Wildman–Crippen MR) is 58.3 cm³/mol. The third-order valence-corrected chi connectivity index (χ3v) is 6.62.